The Balaban J connectivity index is 3.04. The summed E-state index contributed by atoms with van der Waals surface area (Å²) < 4.78 is 0. The number of hydrogen-bond donors (Lipinski definition) is 2. The molecule has 0 fully saturated rings. The van der Waals surface area contributed by atoms with Crippen molar-refractivity contribution in [2.45, 2.75) is 0 Å². The fourth-order valence-corrected chi connectivity index (χ4v) is 0.607. The van der Waals surface area contributed by atoms with Gasteiger partial charge in [-0.3, -0.25) is 5.43 Å². The maximum absolute atomic E-state index is 10.3. The number of nitrogens with one attached hydrogen (secondary N) is 1. The van der Waals surface area contributed by atoms with E-state index in [1.165, 1.54) is 18.2 Å². The van der Waals surface area contributed by atoms with Crippen LogP contribution in [0.4, 0.5) is 0 Å². The van der Waals surface area contributed by atoms with E-state index < -0.39 is 5.97 Å². The highest BCUT2D eigenvalue weighted by molar-refractivity contribution is 6.45. The molecule has 0 aromatic heterocycles. The molecule has 1 aliphatic heterocycles. The summed E-state index contributed by atoms with van der Waals surface area (Å²) in [5.41, 5.74) is 1.93. The number of hydrazone groups is 1. The van der Waals surface area contributed by atoms with Crippen molar-refractivity contribution >= 4 is 17.6 Å². The molecule has 0 saturated heterocycles. The van der Waals surface area contributed by atoms with Crippen LogP contribution in [0.5, 0.6) is 0 Å². The van der Waals surface area contributed by atoms with Crippen molar-refractivity contribution in [2.75, 3.05) is 0 Å². The molecular formula is C6H4N2O3. The summed E-state index contributed by atoms with van der Waals surface area (Å²) in [4.78, 5) is 20.4. The van der Waals surface area contributed by atoms with E-state index in [9.17, 15) is 9.59 Å². The third kappa shape index (κ3) is 1.33. The molecule has 5 heteroatoms. The van der Waals surface area contributed by atoms with E-state index in [4.69, 9.17) is 5.11 Å². The SMILES string of the molecule is O=C=C1C=CNN=C1C(=O)O. The Morgan fingerprint density at radius 1 is 1.73 bits per heavy atom. The Bertz CT molecular complexity index is 297. The van der Waals surface area contributed by atoms with E-state index in [2.05, 4.69) is 10.5 Å². The lowest BCUT2D eigenvalue weighted by molar-refractivity contribution is -0.129. The summed E-state index contributed by atoms with van der Waals surface area (Å²) in [6.45, 7) is 0. The first-order valence-corrected chi connectivity index (χ1v) is 2.74. The monoisotopic (exact) mass is 152 g/mol. The van der Waals surface area contributed by atoms with E-state index >= 15 is 0 Å². The smallest absolute Gasteiger partial charge is 0.357 e. The number of carboxylic acids is 1. The first-order valence-electron chi connectivity index (χ1n) is 2.74. The van der Waals surface area contributed by atoms with Gasteiger partial charge in [0.1, 0.15) is 5.94 Å². The third-order valence-corrected chi connectivity index (χ3v) is 1.07. The molecule has 5 nitrogen and oxygen atoms in total. The maximum atomic E-state index is 10.3. The lowest BCUT2D eigenvalue weighted by Crippen LogP contribution is -2.21. The Hall–Kier alpha value is -1.87. The van der Waals surface area contributed by atoms with Crippen LogP contribution >= 0.6 is 0 Å². The van der Waals surface area contributed by atoms with Gasteiger partial charge in [0, 0.05) is 6.20 Å². The highest BCUT2D eigenvalue weighted by Gasteiger charge is 2.16. The molecule has 0 bridgehead atoms. The molecule has 0 amide bonds. The van der Waals surface area contributed by atoms with Gasteiger partial charge in [-0.05, 0) is 6.08 Å². The quantitative estimate of drug-likeness (QED) is 0.487. The Morgan fingerprint density at radius 2 is 2.45 bits per heavy atom. The zero-order valence-electron chi connectivity index (χ0n) is 5.37. The number of allylic oxidation sites excluding steroid dienone is 1. The van der Waals surface area contributed by atoms with Gasteiger partial charge in [0.2, 0.25) is 0 Å². The van der Waals surface area contributed by atoms with Gasteiger partial charge in [-0.1, -0.05) is 0 Å². The Morgan fingerprint density at radius 3 is 2.91 bits per heavy atom. The van der Waals surface area contributed by atoms with Crippen molar-refractivity contribution in [2.24, 2.45) is 5.10 Å². The van der Waals surface area contributed by atoms with Crippen LogP contribution in [-0.4, -0.2) is 22.7 Å². The number of carbonyl (C=O) groups is 1. The van der Waals surface area contributed by atoms with Gasteiger partial charge < -0.3 is 5.11 Å². The predicted molar refractivity (Wildman–Crippen MR) is 36.6 cm³/mol. The zero-order valence-corrected chi connectivity index (χ0v) is 5.37. The average molecular weight is 152 g/mol. The van der Waals surface area contributed by atoms with Crippen molar-refractivity contribution in [1.29, 1.82) is 0 Å². The van der Waals surface area contributed by atoms with Gasteiger partial charge in [0.25, 0.3) is 0 Å². The minimum Gasteiger partial charge on any atom is -0.476 e. The van der Waals surface area contributed by atoms with Gasteiger partial charge in [0.05, 0.1) is 5.57 Å². The molecule has 0 aliphatic carbocycles. The average Bonchev–Trinajstić information content (AvgIpc) is 2.04. The first-order chi connectivity index (χ1) is 5.25. The van der Waals surface area contributed by atoms with Crippen molar-refractivity contribution in [3.63, 3.8) is 0 Å². The molecule has 0 aromatic carbocycles. The summed E-state index contributed by atoms with van der Waals surface area (Å²) in [7, 11) is 0. The molecule has 0 spiro atoms. The molecule has 0 aromatic rings. The third-order valence-electron chi connectivity index (χ3n) is 1.07. The standard InChI is InChI=1S/C6H4N2O3/c9-3-4-1-2-7-8-5(4)6(10)11/h1-2,7H,(H,10,11). The second-order valence-electron chi connectivity index (χ2n) is 1.74. The Labute approximate surface area is 61.7 Å². The molecule has 0 unspecified atom stereocenters. The number of hydrogen-bond acceptors (Lipinski definition) is 4. The molecule has 1 rings (SSSR count). The van der Waals surface area contributed by atoms with Gasteiger partial charge in [-0.2, -0.15) is 5.10 Å². The van der Waals surface area contributed by atoms with Crippen LogP contribution in [0.3, 0.4) is 0 Å². The largest absolute Gasteiger partial charge is 0.476 e. The normalized spacial score (nSPS) is 14.9. The van der Waals surface area contributed by atoms with Crippen molar-refractivity contribution in [3.05, 3.63) is 17.8 Å². The van der Waals surface area contributed by atoms with Crippen LogP contribution in [0.25, 0.3) is 0 Å². The van der Waals surface area contributed by atoms with Gasteiger partial charge >= 0.3 is 5.97 Å². The number of carboxylic acid groups (broad SMARTS) is 1. The van der Waals surface area contributed by atoms with Crippen LogP contribution in [0.15, 0.2) is 23.0 Å². The van der Waals surface area contributed by atoms with Crippen molar-refractivity contribution < 1.29 is 14.7 Å². The van der Waals surface area contributed by atoms with Crippen LogP contribution in [0, 0.1) is 0 Å². The number of carbonyl (C=O) groups excluding carboxylic acids is 1. The van der Waals surface area contributed by atoms with Crippen LogP contribution in [0.2, 0.25) is 0 Å². The van der Waals surface area contributed by atoms with Crippen molar-refractivity contribution in [1.82, 2.24) is 5.43 Å². The minimum atomic E-state index is -1.25. The molecule has 1 aliphatic rings. The molecular weight excluding hydrogens is 148 g/mol. The number of nitrogens with zero attached hydrogens (tertiary/aromatic N) is 1. The molecule has 0 radical (unpaired) electrons. The van der Waals surface area contributed by atoms with Gasteiger partial charge in [-0.25, -0.2) is 9.59 Å². The molecule has 2 N–H and O–H groups in total. The molecule has 0 atom stereocenters. The minimum absolute atomic E-state index is 0.0590. The predicted octanol–water partition coefficient (Wildman–Crippen LogP) is -0.698. The second-order valence-corrected chi connectivity index (χ2v) is 1.74. The summed E-state index contributed by atoms with van der Waals surface area (Å²) in [6, 6.07) is 0. The van der Waals surface area contributed by atoms with Gasteiger partial charge in [-0.15, -0.1) is 0 Å². The second kappa shape index (κ2) is 2.81. The van der Waals surface area contributed by atoms with E-state index in [1.807, 2.05) is 0 Å². The Kier molecular flexibility index (Phi) is 1.85. The molecule has 56 valence electrons. The van der Waals surface area contributed by atoms with E-state index in [0.29, 0.717) is 0 Å². The summed E-state index contributed by atoms with van der Waals surface area (Å²) in [5.74, 6) is 0.214. The summed E-state index contributed by atoms with van der Waals surface area (Å²) in [6.07, 6.45) is 2.65. The van der Waals surface area contributed by atoms with Crippen LogP contribution in [0.1, 0.15) is 0 Å². The van der Waals surface area contributed by atoms with E-state index in [-0.39, 0.29) is 11.3 Å². The summed E-state index contributed by atoms with van der Waals surface area (Å²) >= 11 is 0. The highest BCUT2D eigenvalue weighted by atomic mass is 16.4. The van der Waals surface area contributed by atoms with Crippen LogP contribution in [-0.2, 0) is 9.59 Å². The molecule has 1 heterocycles. The maximum Gasteiger partial charge on any atom is 0.357 e. The number of aliphatic carboxylic acids is 1. The van der Waals surface area contributed by atoms with E-state index in [1.54, 1.807) is 0 Å². The van der Waals surface area contributed by atoms with Crippen LogP contribution < -0.4 is 5.43 Å². The summed E-state index contributed by atoms with van der Waals surface area (Å²) in [5, 5.41) is 11.8. The zero-order chi connectivity index (χ0) is 8.27. The fraction of sp³-hybridized carbons (Fsp3) is 0. The lowest BCUT2D eigenvalue weighted by atomic mass is 10.1. The fourth-order valence-electron chi connectivity index (χ4n) is 0.607. The lowest BCUT2D eigenvalue weighted by Gasteiger charge is -2.02. The highest BCUT2D eigenvalue weighted by Crippen LogP contribution is 1.99. The molecule has 11 heavy (non-hydrogen) atoms. The topological polar surface area (TPSA) is 78.8 Å². The number of rotatable bonds is 1. The first kappa shape index (κ1) is 7.24. The van der Waals surface area contributed by atoms with Crippen molar-refractivity contribution in [3.8, 4) is 0 Å². The molecule has 0 saturated carbocycles. The van der Waals surface area contributed by atoms with E-state index in [0.717, 1.165) is 0 Å². The van der Waals surface area contributed by atoms with Gasteiger partial charge in [0.15, 0.2) is 5.71 Å².